The van der Waals surface area contributed by atoms with Crippen molar-refractivity contribution in [3.05, 3.63) is 95.6 Å². The van der Waals surface area contributed by atoms with Crippen LogP contribution >= 0.6 is 8.53 Å². The van der Waals surface area contributed by atoms with Gasteiger partial charge in [-0.2, -0.15) is 5.26 Å². The predicted octanol–water partition coefficient (Wildman–Crippen LogP) is 6.82. The molecule has 294 valence electrons. The van der Waals surface area contributed by atoms with Crippen molar-refractivity contribution in [3.8, 4) is 17.6 Å². The molecular weight excluding hydrogens is 722 g/mol. The van der Waals surface area contributed by atoms with Crippen LogP contribution in [0.5, 0.6) is 11.5 Å². The van der Waals surface area contributed by atoms with Crippen LogP contribution in [0.1, 0.15) is 70.6 Å². The number of Topliss-reactive ketones (excluding diaryl/α,β-unsaturated/α-hetero) is 1. The Bertz CT molecular complexity index is 1620. The Hall–Kier alpha value is -3.86. The second kappa shape index (κ2) is 21.4. The number of rotatable bonds is 22. The maximum Gasteiger partial charge on any atom is 0.308 e. The minimum atomic E-state index is -1.78. The van der Waals surface area contributed by atoms with Gasteiger partial charge in [-0.15, -0.1) is 0 Å². The molecule has 3 aromatic rings. The molecule has 55 heavy (non-hydrogen) atoms. The van der Waals surface area contributed by atoms with Gasteiger partial charge in [0.2, 0.25) is 0 Å². The second-order valence-corrected chi connectivity index (χ2v) is 14.9. The van der Waals surface area contributed by atoms with Crippen molar-refractivity contribution in [2.45, 2.75) is 95.9 Å². The summed E-state index contributed by atoms with van der Waals surface area (Å²) in [5.74, 6) is 0.664. The summed E-state index contributed by atoms with van der Waals surface area (Å²) in [5, 5.41) is 9.31. The lowest BCUT2D eigenvalue weighted by Crippen LogP contribution is -2.43. The average Bonchev–Trinajstić information content (AvgIpc) is 3.47. The van der Waals surface area contributed by atoms with Crippen LogP contribution in [0.3, 0.4) is 0 Å². The molecule has 0 bridgehead atoms. The summed E-state index contributed by atoms with van der Waals surface area (Å²) in [6.45, 7) is 9.23. The number of hydrogen-bond acceptors (Lipinski definition) is 12. The summed E-state index contributed by atoms with van der Waals surface area (Å²) in [5.41, 5.74) is 1.33. The van der Waals surface area contributed by atoms with Gasteiger partial charge >= 0.3 is 5.97 Å². The molecule has 5 atom stereocenters. The second-order valence-electron chi connectivity index (χ2n) is 13.5. The average molecular weight is 775 g/mol. The third-order valence-electron chi connectivity index (χ3n) is 9.02. The molecule has 1 aliphatic rings. The van der Waals surface area contributed by atoms with E-state index in [0.717, 1.165) is 16.7 Å². The molecule has 3 aromatic carbocycles. The normalized spacial score (nSPS) is 19.0. The van der Waals surface area contributed by atoms with E-state index in [2.05, 4.69) is 10.7 Å². The first-order valence-corrected chi connectivity index (χ1v) is 19.5. The highest BCUT2D eigenvalue weighted by Crippen LogP contribution is 2.50. The maximum absolute atomic E-state index is 12.4. The van der Waals surface area contributed by atoms with E-state index >= 15 is 0 Å². The minimum absolute atomic E-state index is 0.0105. The number of ketones is 1. The number of hydrogen-bond donors (Lipinski definition) is 0. The van der Waals surface area contributed by atoms with Crippen molar-refractivity contribution in [2.24, 2.45) is 0 Å². The molecule has 0 aliphatic carbocycles. The highest BCUT2D eigenvalue weighted by Gasteiger charge is 2.49. The lowest BCUT2D eigenvalue weighted by atomic mass is 9.80. The number of nitriles is 1. The van der Waals surface area contributed by atoms with E-state index in [0.29, 0.717) is 11.5 Å². The number of carbonyl (C=O) groups excluding carboxylic acids is 2. The van der Waals surface area contributed by atoms with Gasteiger partial charge in [-0.3, -0.25) is 4.79 Å². The quantitative estimate of drug-likeness (QED) is 0.0265. The summed E-state index contributed by atoms with van der Waals surface area (Å²) in [6.07, 6.45) is -2.45. The van der Waals surface area contributed by atoms with Crippen LogP contribution in [-0.2, 0) is 43.2 Å². The number of ether oxygens (including phenoxy) is 6. The van der Waals surface area contributed by atoms with Gasteiger partial charge in [-0.05, 0) is 75.6 Å². The van der Waals surface area contributed by atoms with Gasteiger partial charge in [0.25, 0.3) is 8.53 Å². The van der Waals surface area contributed by atoms with E-state index in [1.165, 1.54) is 6.92 Å². The third-order valence-corrected chi connectivity index (χ3v) is 11.1. The molecule has 14 heteroatoms. The van der Waals surface area contributed by atoms with Crippen LogP contribution in [-0.4, -0.2) is 94.9 Å². The molecule has 0 N–H and O–H groups in total. The van der Waals surface area contributed by atoms with Crippen LogP contribution < -0.4 is 9.47 Å². The Morgan fingerprint density at radius 1 is 0.873 bits per heavy atom. The van der Waals surface area contributed by atoms with Crippen molar-refractivity contribution >= 4 is 28.1 Å². The first-order chi connectivity index (χ1) is 26.4. The molecule has 0 amide bonds. The van der Waals surface area contributed by atoms with Crippen molar-refractivity contribution in [2.75, 3.05) is 34.2 Å². The summed E-state index contributed by atoms with van der Waals surface area (Å²) in [4.78, 5) is 23.8. The Morgan fingerprint density at radius 3 is 1.95 bits per heavy atom. The Balaban J connectivity index is 1.76. The zero-order valence-electron chi connectivity index (χ0n) is 32.7. The van der Waals surface area contributed by atoms with Crippen molar-refractivity contribution in [1.82, 2.24) is 4.67 Å². The number of carbonyl (C=O) groups is 2. The zero-order valence-corrected chi connectivity index (χ0v) is 33.6. The summed E-state index contributed by atoms with van der Waals surface area (Å²) in [7, 11) is 8.07. The van der Waals surface area contributed by atoms with Crippen LogP contribution in [0.25, 0.3) is 0 Å². The lowest BCUT2D eigenvalue weighted by Gasteiger charge is -2.39. The van der Waals surface area contributed by atoms with Gasteiger partial charge in [0.05, 0.1) is 46.3 Å². The predicted molar refractivity (Wildman–Crippen MR) is 209 cm³/mol. The molecule has 1 aliphatic heterocycles. The molecule has 4 rings (SSSR count). The number of nitrogens with zero attached hydrogens (tertiary/aromatic N) is 2. The SMILES string of the molecule is [B][C@@H]1O[C@H](COC(c2ccccc2)(c2ccc(OC)cc2)c2ccc(OC)cc2)C(OP(OCCC#N)N(C(C)C)C(C)C)C1OCOC(=O)CCC(C)=O. The minimum Gasteiger partial charge on any atom is -0.497 e. The molecule has 2 radical (unpaired) electrons. The Morgan fingerprint density at radius 2 is 1.44 bits per heavy atom. The smallest absolute Gasteiger partial charge is 0.308 e. The van der Waals surface area contributed by atoms with Gasteiger partial charge < -0.3 is 42.3 Å². The molecule has 12 nitrogen and oxygen atoms in total. The maximum atomic E-state index is 12.4. The van der Waals surface area contributed by atoms with Crippen LogP contribution in [0.15, 0.2) is 78.9 Å². The Labute approximate surface area is 327 Å². The molecule has 0 aromatic heterocycles. The lowest BCUT2D eigenvalue weighted by molar-refractivity contribution is -0.165. The molecule has 1 saturated heterocycles. The standard InChI is InChI=1S/C41H52BN2O10P/c1-28(2)44(29(3)4)55(52-25-11-24-43)54-38-36(53-40(42)39(38)50-27-49-37(46)23-14-30(5)45)26-51-41(31-12-9-8-10-13-31,32-15-19-34(47-6)20-16-32)33-17-21-35(48-7)22-18-33/h8-10,12-13,15-22,28-29,36,38-40H,11,14,23,25-27H2,1-7H3/t36-,38?,39?,40-,55?/m1/s1. The molecule has 0 saturated carbocycles. The van der Waals surface area contributed by atoms with E-state index in [9.17, 15) is 14.9 Å². The molecule has 1 heterocycles. The molecule has 0 spiro atoms. The topological polar surface area (TPSA) is 135 Å². The summed E-state index contributed by atoms with van der Waals surface area (Å²) >= 11 is 0. The van der Waals surface area contributed by atoms with Gasteiger partial charge in [-0.25, -0.2) is 4.67 Å². The van der Waals surface area contributed by atoms with Crippen molar-refractivity contribution in [1.29, 1.82) is 5.26 Å². The van der Waals surface area contributed by atoms with Gasteiger partial charge in [-0.1, -0.05) is 54.6 Å². The molecular formula is C41H52BN2O10P. The summed E-state index contributed by atoms with van der Waals surface area (Å²) in [6, 6.07) is 26.4. The van der Waals surface area contributed by atoms with E-state index in [1.807, 2.05) is 107 Å². The largest absolute Gasteiger partial charge is 0.497 e. The highest BCUT2D eigenvalue weighted by atomic mass is 31.2. The van der Waals surface area contributed by atoms with Gasteiger partial charge in [0, 0.05) is 24.5 Å². The van der Waals surface area contributed by atoms with Crippen LogP contribution in [0, 0.1) is 11.3 Å². The van der Waals surface area contributed by atoms with E-state index in [4.69, 9.17) is 45.3 Å². The fourth-order valence-electron chi connectivity index (χ4n) is 6.42. The van der Waals surface area contributed by atoms with Crippen molar-refractivity contribution < 1.29 is 47.1 Å². The monoisotopic (exact) mass is 774 g/mol. The number of benzene rings is 3. The number of esters is 1. The van der Waals surface area contributed by atoms with Crippen LogP contribution in [0.4, 0.5) is 0 Å². The van der Waals surface area contributed by atoms with E-state index < -0.39 is 51.2 Å². The molecule has 1 fully saturated rings. The van der Waals surface area contributed by atoms with Gasteiger partial charge in [0.1, 0.15) is 49.0 Å². The third kappa shape index (κ3) is 11.6. The molecule has 3 unspecified atom stereocenters. The zero-order chi connectivity index (χ0) is 40.0. The summed E-state index contributed by atoms with van der Waals surface area (Å²) < 4.78 is 51.2. The fourth-order valence-corrected chi connectivity index (χ4v) is 8.18. The van der Waals surface area contributed by atoms with Crippen molar-refractivity contribution in [3.63, 3.8) is 0 Å². The number of methoxy groups -OCH3 is 2. The highest BCUT2D eigenvalue weighted by molar-refractivity contribution is 7.44. The van der Waals surface area contributed by atoms with E-state index in [-0.39, 0.29) is 50.3 Å². The fraction of sp³-hybridized carbons (Fsp3) is 0.488. The van der Waals surface area contributed by atoms with Crippen LogP contribution in [0.2, 0.25) is 0 Å². The van der Waals surface area contributed by atoms with Gasteiger partial charge in [0.15, 0.2) is 6.79 Å². The first-order valence-electron chi connectivity index (χ1n) is 18.4. The van der Waals surface area contributed by atoms with E-state index in [1.54, 1.807) is 14.2 Å². The Kier molecular flexibility index (Phi) is 17.1. The first kappa shape index (κ1) is 43.9.